The number of anilines is 2. The fourth-order valence-electron chi connectivity index (χ4n) is 2.98. The largest absolute Gasteiger partial charge is 0.325 e. The Hall–Kier alpha value is -1.88. The zero-order valence-corrected chi connectivity index (χ0v) is 12.1. The summed E-state index contributed by atoms with van der Waals surface area (Å²) in [7, 11) is 0. The second-order valence-electron chi connectivity index (χ2n) is 5.69. The van der Waals surface area contributed by atoms with E-state index in [0.717, 1.165) is 50.1 Å². The smallest absolute Gasteiger partial charge is 0.241 e. The van der Waals surface area contributed by atoms with Gasteiger partial charge in [0.1, 0.15) is 0 Å². The fraction of sp³-hybridized carbons (Fsp3) is 0.500. The minimum Gasteiger partial charge on any atom is -0.325 e. The lowest BCUT2D eigenvalue weighted by atomic mass is 10.0. The molecule has 2 heterocycles. The summed E-state index contributed by atoms with van der Waals surface area (Å²) in [4.78, 5) is 25.8. The van der Waals surface area contributed by atoms with Crippen molar-refractivity contribution < 1.29 is 9.59 Å². The van der Waals surface area contributed by atoms with Gasteiger partial charge in [-0.05, 0) is 44.0 Å². The summed E-state index contributed by atoms with van der Waals surface area (Å²) in [5, 5.41) is 6.19. The molecule has 1 aromatic rings. The Bertz CT molecular complexity index is 538. The summed E-state index contributed by atoms with van der Waals surface area (Å²) in [5.41, 5.74) is 1.62. The van der Waals surface area contributed by atoms with Crippen LogP contribution in [0.4, 0.5) is 11.4 Å². The van der Waals surface area contributed by atoms with Gasteiger partial charge >= 0.3 is 0 Å². The third kappa shape index (κ3) is 3.24. The molecule has 0 bridgehead atoms. The van der Waals surface area contributed by atoms with Crippen molar-refractivity contribution in [2.24, 2.45) is 0 Å². The Morgan fingerprint density at radius 3 is 2.90 bits per heavy atom. The molecule has 1 aromatic carbocycles. The average Bonchev–Trinajstić information content (AvgIpc) is 2.94. The van der Waals surface area contributed by atoms with Gasteiger partial charge in [-0.15, -0.1) is 0 Å². The molecular weight excluding hydrogens is 266 g/mol. The first kappa shape index (κ1) is 14.1. The van der Waals surface area contributed by atoms with Crippen molar-refractivity contribution in [3.8, 4) is 0 Å². The molecule has 3 rings (SSSR count). The van der Waals surface area contributed by atoms with Gasteiger partial charge in [0.05, 0.1) is 6.04 Å². The van der Waals surface area contributed by atoms with E-state index in [9.17, 15) is 9.59 Å². The molecule has 2 fully saturated rings. The Morgan fingerprint density at radius 2 is 2.19 bits per heavy atom. The molecule has 2 aliphatic heterocycles. The number of carbonyl (C=O) groups excluding carboxylic acids is 2. The van der Waals surface area contributed by atoms with Gasteiger partial charge in [0.15, 0.2) is 0 Å². The first-order valence-corrected chi connectivity index (χ1v) is 7.69. The van der Waals surface area contributed by atoms with Gasteiger partial charge in [0, 0.05) is 24.3 Å². The average molecular weight is 287 g/mol. The molecule has 0 aromatic heterocycles. The van der Waals surface area contributed by atoms with Crippen LogP contribution >= 0.6 is 0 Å². The maximum atomic E-state index is 12.2. The normalized spacial score (nSPS) is 22.4. The van der Waals surface area contributed by atoms with Crippen molar-refractivity contribution in [3.05, 3.63) is 24.3 Å². The maximum Gasteiger partial charge on any atom is 0.241 e. The fourth-order valence-corrected chi connectivity index (χ4v) is 2.98. The molecule has 0 radical (unpaired) electrons. The Kier molecular flexibility index (Phi) is 4.20. The predicted molar refractivity (Wildman–Crippen MR) is 82.3 cm³/mol. The number of rotatable bonds is 3. The van der Waals surface area contributed by atoms with E-state index in [1.54, 1.807) is 4.90 Å². The van der Waals surface area contributed by atoms with Crippen LogP contribution in [0.15, 0.2) is 24.3 Å². The number of amides is 2. The highest BCUT2D eigenvalue weighted by atomic mass is 16.2. The first-order valence-electron chi connectivity index (χ1n) is 7.69. The molecule has 0 spiro atoms. The second-order valence-corrected chi connectivity index (χ2v) is 5.69. The van der Waals surface area contributed by atoms with Gasteiger partial charge in [-0.3, -0.25) is 9.59 Å². The number of hydrogen-bond donors (Lipinski definition) is 2. The summed E-state index contributed by atoms with van der Waals surface area (Å²) >= 11 is 0. The van der Waals surface area contributed by atoms with Crippen LogP contribution in [0.5, 0.6) is 0 Å². The molecule has 0 aliphatic carbocycles. The number of nitrogens with one attached hydrogen (secondary N) is 2. The highest BCUT2D eigenvalue weighted by molar-refractivity contribution is 5.98. The topological polar surface area (TPSA) is 61.4 Å². The van der Waals surface area contributed by atoms with Crippen LogP contribution in [0, 0.1) is 0 Å². The summed E-state index contributed by atoms with van der Waals surface area (Å²) in [6.07, 6.45) is 4.63. The predicted octanol–water partition coefficient (Wildman–Crippen LogP) is 1.89. The highest BCUT2D eigenvalue weighted by Crippen LogP contribution is 2.24. The van der Waals surface area contributed by atoms with E-state index >= 15 is 0 Å². The van der Waals surface area contributed by atoms with Gasteiger partial charge in [0.25, 0.3) is 0 Å². The van der Waals surface area contributed by atoms with Gasteiger partial charge < -0.3 is 15.5 Å². The third-order valence-corrected chi connectivity index (χ3v) is 4.13. The zero-order valence-electron chi connectivity index (χ0n) is 12.1. The summed E-state index contributed by atoms with van der Waals surface area (Å²) < 4.78 is 0. The highest BCUT2D eigenvalue weighted by Gasteiger charge is 2.23. The SMILES string of the molecule is O=C(Nc1cccc(N2CCCC2=O)c1)[C@H]1CCCCN1. The van der Waals surface area contributed by atoms with Crippen LogP contribution in [-0.2, 0) is 9.59 Å². The maximum absolute atomic E-state index is 12.2. The molecular formula is C16H21N3O2. The minimum absolute atomic E-state index is 0.0135. The van der Waals surface area contributed by atoms with Crippen molar-refractivity contribution >= 4 is 23.2 Å². The molecule has 5 nitrogen and oxygen atoms in total. The van der Waals surface area contributed by atoms with Crippen LogP contribution in [0.2, 0.25) is 0 Å². The first-order chi connectivity index (χ1) is 10.2. The Labute approximate surface area is 124 Å². The standard InChI is InChI=1S/C16H21N3O2/c20-15-8-4-10-19(15)13-6-3-5-12(11-13)18-16(21)14-7-1-2-9-17-14/h3,5-6,11,14,17H,1-2,4,7-10H2,(H,18,21)/t14-/m1/s1. The molecule has 2 amide bonds. The molecule has 0 unspecified atom stereocenters. The number of nitrogens with zero attached hydrogens (tertiary/aromatic N) is 1. The van der Waals surface area contributed by atoms with Gasteiger partial charge in [-0.1, -0.05) is 12.5 Å². The monoisotopic (exact) mass is 287 g/mol. The van der Waals surface area contributed by atoms with E-state index < -0.39 is 0 Å². The Morgan fingerprint density at radius 1 is 1.29 bits per heavy atom. The summed E-state index contributed by atoms with van der Waals surface area (Å²) in [5.74, 6) is 0.173. The van der Waals surface area contributed by atoms with Crippen molar-refractivity contribution in [3.63, 3.8) is 0 Å². The molecule has 2 aliphatic rings. The van der Waals surface area contributed by atoms with Crippen molar-refractivity contribution in [2.45, 2.75) is 38.1 Å². The van der Waals surface area contributed by atoms with Crippen LogP contribution in [0.3, 0.4) is 0 Å². The molecule has 1 atom stereocenters. The van der Waals surface area contributed by atoms with E-state index in [4.69, 9.17) is 0 Å². The summed E-state index contributed by atoms with van der Waals surface area (Å²) in [6.45, 7) is 1.67. The molecule has 5 heteroatoms. The number of benzene rings is 1. The minimum atomic E-state index is -0.101. The second kappa shape index (κ2) is 6.26. The van der Waals surface area contributed by atoms with E-state index in [2.05, 4.69) is 10.6 Å². The molecule has 21 heavy (non-hydrogen) atoms. The van der Waals surface area contributed by atoms with E-state index in [1.807, 2.05) is 24.3 Å². The van der Waals surface area contributed by atoms with Crippen molar-refractivity contribution in [1.29, 1.82) is 0 Å². The molecule has 2 N–H and O–H groups in total. The van der Waals surface area contributed by atoms with Crippen molar-refractivity contribution in [2.75, 3.05) is 23.3 Å². The van der Waals surface area contributed by atoms with Crippen LogP contribution in [-0.4, -0.2) is 30.9 Å². The zero-order chi connectivity index (χ0) is 14.7. The number of piperidine rings is 1. The van der Waals surface area contributed by atoms with Gasteiger partial charge in [0.2, 0.25) is 11.8 Å². The van der Waals surface area contributed by atoms with Crippen LogP contribution in [0.25, 0.3) is 0 Å². The van der Waals surface area contributed by atoms with Crippen LogP contribution < -0.4 is 15.5 Å². The number of hydrogen-bond acceptors (Lipinski definition) is 3. The van der Waals surface area contributed by atoms with E-state index in [1.165, 1.54) is 0 Å². The number of carbonyl (C=O) groups is 2. The van der Waals surface area contributed by atoms with Crippen LogP contribution in [0.1, 0.15) is 32.1 Å². The lowest BCUT2D eigenvalue weighted by molar-refractivity contribution is -0.118. The molecule has 2 saturated heterocycles. The van der Waals surface area contributed by atoms with E-state index in [0.29, 0.717) is 6.42 Å². The van der Waals surface area contributed by atoms with Crippen molar-refractivity contribution in [1.82, 2.24) is 5.32 Å². The third-order valence-electron chi connectivity index (χ3n) is 4.13. The lowest BCUT2D eigenvalue weighted by Crippen LogP contribution is -2.43. The van der Waals surface area contributed by atoms with E-state index in [-0.39, 0.29) is 17.9 Å². The molecule has 112 valence electrons. The molecule has 0 saturated carbocycles. The Balaban J connectivity index is 1.68. The van der Waals surface area contributed by atoms with Gasteiger partial charge in [-0.2, -0.15) is 0 Å². The lowest BCUT2D eigenvalue weighted by Gasteiger charge is -2.23. The van der Waals surface area contributed by atoms with Gasteiger partial charge in [-0.25, -0.2) is 0 Å². The quantitative estimate of drug-likeness (QED) is 0.892. The summed E-state index contributed by atoms with van der Waals surface area (Å²) in [6, 6.07) is 7.44.